The number of benzene rings is 2. The molecule has 0 bridgehead atoms. The summed E-state index contributed by atoms with van der Waals surface area (Å²) in [5.74, 6) is -0.582. The van der Waals surface area contributed by atoms with Crippen molar-refractivity contribution in [1.82, 2.24) is 24.8 Å². The summed E-state index contributed by atoms with van der Waals surface area (Å²) in [6.45, 7) is 10.0. The maximum absolute atomic E-state index is 13.9. The van der Waals surface area contributed by atoms with Crippen LogP contribution < -0.4 is 10.1 Å². The number of carbonyl (C=O) groups is 2. The first kappa shape index (κ1) is 35.3. The first-order chi connectivity index (χ1) is 23.2. The van der Waals surface area contributed by atoms with Crippen molar-refractivity contribution in [3.63, 3.8) is 0 Å². The molecular formula is C36H39F3N6O4. The summed E-state index contributed by atoms with van der Waals surface area (Å²) in [7, 11) is 0. The van der Waals surface area contributed by atoms with Crippen molar-refractivity contribution in [2.75, 3.05) is 44.6 Å². The summed E-state index contributed by atoms with van der Waals surface area (Å²) >= 11 is 0. The molecule has 1 aliphatic heterocycles. The molecule has 10 nitrogen and oxygen atoms in total. The Morgan fingerprint density at radius 2 is 1.71 bits per heavy atom. The van der Waals surface area contributed by atoms with E-state index >= 15 is 0 Å². The van der Waals surface area contributed by atoms with Gasteiger partial charge in [-0.2, -0.15) is 13.2 Å². The zero-order chi connectivity index (χ0) is 35.2. The highest BCUT2D eigenvalue weighted by atomic mass is 19.4. The fourth-order valence-electron chi connectivity index (χ4n) is 5.34. The van der Waals surface area contributed by atoms with Gasteiger partial charge >= 0.3 is 12.3 Å². The third-order valence-corrected chi connectivity index (χ3v) is 7.91. The quantitative estimate of drug-likeness (QED) is 0.210. The number of nitrogens with zero attached hydrogens (tertiary/aromatic N) is 5. The second kappa shape index (κ2) is 15.0. The average Bonchev–Trinajstić information content (AvgIpc) is 3.05. The molecule has 2 aromatic heterocycles. The van der Waals surface area contributed by atoms with Gasteiger partial charge in [-0.05, 0) is 81.3 Å². The van der Waals surface area contributed by atoms with Gasteiger partial charge in [-0.15, -0.1) is 0 Å². The zero-order valence-electron chi connectivity index (χ0n) is 27.9. The Morgan fingerprint density at radius 3 is 2.41 bits per heavy atom. The molecule has 258 valence electrons. The van der Waals surface area contributed by atoms with Crippen LogP contribution in [0.1, 0.15) is 53.5 Å². The number of alkyl halides is 3. The third kappa shape index (κ3) is 9.75. The number of pyridine rings is 1. The lowest BCUT2D eigenvalue weighted by Gasteiger charge is -2.35. The van der Waals surface area contributed by atoms with Crippen molar-refractivity contribution in [1.29, 1.82) is 0 Å². The number of nitrogens with one attached hydrogen (secondary N) is 1. The van der Waals surface area contributed by atoms with E-state index in [1.54, 1.807) is 41.6 Å². The van der Waals surface area contributed by atoms with Crippen molar-refractivity contribution in [2.45, 2.75) is 45.9 Å². The van der Waals surface area contributed by atoms with Gasteiger partial charge in [-0.25, -0.2) is 14.8 Å². The Hall–Kier alpha value is -5.04. The van der Waals surface area contributed by atoms with Crippen LogP contribution in [-0.4, -0.2) is 81.7 Å². The van der Waals surface area contributed by atoms with Crippen molar-refractivity contribution in [3.05, 3.63) is 101 Å². The number of piperazine rings is 1. The second-order valence-electron chi connectivity index (χ2n) is 12.8. The molecule has 1 N–H and O–H groups in total. The van der Waals surface area contributed by atoms with Gasteiger partial charge < -0.3 is 19.7 Å². The molecule has 5 rings (SSSR count). The summed E-state index contributed by atoms with van der Waals surface area (Å²) in [5.41, 5.74) is 2.78. The fraction of sp³-hybridized carbons (Fsp3) is 0.361. The highest BCUT2D eigenvalue weighted by molar-refractivity contribution is 6.04. The Labute approximate surface area is 283 Å². The summed E-state index contributed by atoms with van der Waals surface area (Å²) in [5, 5.41) is 2.62. The van der Waals surface area contributed by atoms with Gasteiger partial charge in [0.05, 0.1) is 17.0 Å². The molecule has 0 aliphatic carbocycles. The number of amides is 2. The number of carbonyl (C=O) groups excluding carboxylic acids is 2. The first-order valence-corrected chi connectivity index (χ1v) is 15.9. The average molecular weight is 677 g/mol. The fourth-order valence-corrected chi connectivity index (χ4v) is 5.34. The number of rotatable bonds is 9. The molecule has 0 radical (unpaired) electrons. The Bertz CT molecular complexity index is 1770. The molecule has 2 aromatic carbocycles. The topological polar surface area (TPSA) is 110 Å². The van der Waals surface area contributed by atoms with Crippen LogP contribution in [0.4, 0.5) is 23.7 Å². The van der Waals surface area contributed by atoms with Crippen LogP contribution in [-0.2, 0) is 17.3 Å². The number of anilines is 1. The van der Waals surface area contributed by atoms with E-state index in [2.05, 4.69) is 25.2 Å². The molecular weight excluding hydrogens is 637 g/mol. The zero-order valence-corrected chi connectivity index (χ0v) is 27.9. The number of ether oxygens (including phenoxy) is 2. The van der Waals surface area contributed by atoms with Gasteiger partial charge in [0.2, 0.25) is 0 Å². The highest BCUT2D eigenvalue weighted by Crippen LogP contribution is 2.34. The molecule has 13 heteroatoms. The van der Waals surface area contributed by atoms with E-state index in [0.29, 0.717) is 44.8 Å². The van der Waals surface area contributed by atoms with E-state index in [-0.39, 0.29) is 29.7 Å². The minimum absolute atomic E-state index is 0.0190. The van der Waals surface area contributed by atoms with E-state index in [9.17, 15) is 22.8 Å². The second-order valence-corrected chi connectivity index (χ2v) is 12.8. The standard InChI is InChI=1S/C36H39F3N6O4/c1-24-7-8-25(18-26(24)19-32-30(6-5-10-41-32)31-9-11-40-23-42-31)33(46)43-28-20-27(36(37,38)39)21-29(22-28)48-17-16-44-12-14-45(15-13-44)34(47)49-35(2,3)4/h5-11,18,20-23H,12-17,19H2,1-4H3,(H,43,46). The molecule has 1 fully saturated rings. The smallest absolute Gasteiger partial charge is 0.416 e. The Morgan fingerprint density at radius 1 is 0.939 bits per heavy atom. The molecule has 1 saturated heterocycles. The molecule has 0 unspecified atom stereocenters. The summed E-state index contributed by atoms with van der Waals surface area (Å²) in [6.07, 6.45) is 0.180. The normalized spacial score (nSPS) is 14.0. The van der Waals surface area contributed by atoms with Crippen LogP contribution in [0.15, 0.2) is 73.3 Å². The largest absolute Gasteiger partial charge is 0.492 e. The number of hydrogen-bond acceptors (Lipinski definition) is 8. The molecule has 49 heavy (non-hydrogen) atoms. The van der Waals surface area contributed by atoms with Crippen molar-refractivity contribution >= 4 is 17.7 Å². The number of halogens is 3. The van der Waals surface area contributed by atoms with E-state index in [0.717, 1.165) is 34.5 Å². The summed E-state index contributed by atoms with van der Waals surface area (Å²) < 4.78 is 52.7. The number of aromatic nitrogens is 3. The van der Waals surface area contributed by atoms with Crippen LogP contribution in [0.5, 0.6) is 5.75 Å². The number of hydrogen-bond donors (Lipinski definition) is 1. The summed E-state index contributed by atoms with van der Waals surface area (Å²) in [6, 6.07) is 13.9. The molecule has 3 heterocycles. The van der Waals surface area contributed by atoms with Crippen LogP contribution >= 0.6 is 0 Å². The van der Waals surface area contributed by atoms with Crippen molar-refractivity contribution in [3.8, 4) is 17.0 Å². The molecule has 0 saturated carbocycles. The van der Waals surface area contributed by atoms with Gasteiger partial charge in [0.1, 0.15) is 24.3 Å². The van der Waals surface area contributed by atoms with Gasteiger partial charge in [-0.1, -0.05) is 6.07 Å². The minimum atomic E-state index is -4.65. The van der Waals surface area contributed by atoms with Gasteiger partial charge in [-0.3, -0.25) is 14.7 Å². The first-order valence-electron chi connectivity index (χ1n) is 15.9. The lowest BCUT2D eigenvalue weighted by Crippen LogP contribution is -2.50. The van der Waals surface area contributed by atoms with Crippen LogP contribution in [0.2, 0.25) is 0 Å². The number of aryl methyl sites for hydroxylation is 1. The lowest BCUT2D eigenvalue weighted by atomic mass is 9.97. The van der Waals surface area contributed by atoms with E-state index in [1.165, 1.54) is 12.4 Å². The predicted molar refractivity (Wildman–Crippen MR) is 178 cm³/mol. The van der Waals surface area contributed by atoms with Gasteiger partial charge in [0.15, 0.2) is 0 Å². The highest BCUT2D eigenvalue weighted by Gasteiger charge is 2.32. The minimum Gasteiger partial charge on any atom is -0.492 e. The van der Waals surface area contributed by atoms with E-state index in [1.807, 2.05) is 39.8 Å². The maximum atomic E-state index is 13.9. The molecule has 1 aliphatic rings. The van der Waals surface area contributed by atoms with Crippen molar-refractivity contribution in [2.24, 2.45) is 0 Å². The van der Waals surface area contributed by atoms with Crippen molar-refractivity contribution < 1.29 is 32.2 Å². The molecule has 0 spiro atoms. The molecule has 0 atom stereocenters. The SMILES string of the molecule is Cc1ccc(C(=O)Nc2cc(OCCN3CCN(C(=O)OC(C)(C)C)CC3)cc(C(F)(F)F)c2)cc1Cc1ncccc1-c1ccncn1. The Kier molecular flexibility index (Phi) is 10.8. The van der Waals surface area contributed by atoms with Gasteiger partial charge in [0, 0.05) is 74.4 Å². The monoisotopic (exact) mass is 676 g/mol. The lowest BCUT2D eigenvalue weighted by molar-refractivity contribution is -0.137. The van der Waals surface area contributed by atoms with E-state index < -0.39 is 23.2 Å². The summed E-state index contributed by atoms with van der Waals surface area (Å²) in [4.78, 5) is 42.2. The van der Waals surface area contributed by atoms with Crippen LogP contribution in [0, 0.1) is 6.92 Å². The molecule has 4 aromatic rings. The van der Waals surface area contributed by atoms with E-state index in [4.69, 9.17) is 9.47 Å². The third-order valence-electron chi connectivity index (χ3n) is 7.91. The Balaban J connectivity index is 1.24. The maximum Gasteiger partial charge on any atom is 0.416 e. The van der Waals surface area contributed by atoms with Gasteiger partial charge in [0.25, 0.3) is 5.91 Å². The predicted octanol–water partition coefficient (Wildman–Crippen LogP) is 6.64. The molecule has 2 amide bonds. The van der Waals surface area contributed by atoms with Crippen LogP contribution in [0.25, 0.3) is 11.3 Å². The van der Waals surface area contributed by atoms with Crippen LogP contribution in [0.3, 0.4) is 0 Å².